The van der Waals surface area contributed by atoms with Crippen molar-refractivity contribution in [1.82, 2.24) is 9.78 Å². The van der Waals surface area contributed by atoms with Gasteiger partial charge >= 0.3 is 0 Å². The zero-order valence-electron chi connectivity index (χ0n) is 19.2. The van der Waals surface area contributed by atoms with Crippen LogP contribution >= 0.6 is 0 Å². The van der Waals surface area contributed by atoms with E-state index in [0.717, 1.165) is 0 Å². The summed E-state index contributed by atoms with van der Waals surface area (Å²) in [5, 5.41) is 10.3. The normalized spacial score (nSPS) is 11.0. The Kier molecular flexibility index (Phi) is 7.02. The predicted octanol–water partition coefficient (Wildman–Crippen LogP) is 4.62. The Morgan fingerprint density at radius 1 is 0.971 bits per heavy atom. The minimum atomic E-state index is -3.91. The number of nitrogens with one attached hydrogen (secondary N) is 3. The minimum Gasteiger partial charge on any atom is -0.494 e. The molecule has 0 aliphatic carbocycles. The highest BCUT2D eigenvalue weighted by Crippen LogP contribution is 2.26. The van der Waals surface area contributed by atoms with E-state index in [1.165, 1.54) is 18.2 Å². The molecule has 180 valence electrons. The van der Waals surface area contributed by atoms with Gasteiger partial charge in [0.25, 0.3) is 15.9 Å². The van der Waals surface area contributed by atoms with E-state index in [1.807, 2.05) is 32.2 Å². The fourth-order valence-corrected chi connectivity index (χ4v) is 4.42. The van der Waals surface area contributed by atoms with Crippen molar-refractivity contribution < 1.29 is 17.9 Å². The molecule has 0 fully saturated rings. The standard InChI is InChI=1S/C25H25N5O4S/c1-3-34-20-13-11-19(12-14-20)29-35(32,33)21-8-6-7-18(17-21)25(31)27-23-10-5-4-9-22(23)26-24-15-16-30(2)28-24/h4-17,29H,3H2,1-2H3,(H,26,28)(H,27,31). The van der Waals surface area contributed by atoms with Crippen molar-refractivity contribution in [2.24, 2.45) is 7.05 Å². The van der Waals surface area contributed by atoms with Crippen LogP contribution in [0.1, 0.15) is 17.3 Å². The Balaban J connectivity index is 1.50. The third kappa shape index (κ3) is 5.98. The second-order valence-electron chi connectivity index (χ2n) is 7.59. The minimum absolute atomic E-state index is 0.0288. The van der Waals surface area contributed by atoms with Crippen molar-refractivity contribution in [1.29, 1.82) is 0 Å². The van der Waals surface area contributed by atoms with Gasteiger partial charge in [-0.2, -0.15) is 5.10 Å². The Hall–Kier alpha value is -4.31. The average molecular weight is 492 g/mol. The van der Waals surface area contributed by atoms with Crippen LogP contribution in [-0.2, 0) is 17.1 Å². The number of aromatic nitrogens is 2. The van der Waals surface area contributed by atoms with Crippen molar-refractivity contribution >= 4 is 38.8 Å². The zero-order chi connectivity index (χ0) is 24.8. The molecule has 10 heteroatoms. The van der Waals surface area contributed by atoms with Gasteiger partial charge in [-0.1, -0.05) is 18.2 Å². The van der Waals surface area contributed by atoms with Crippen LogP contribution in [0, 0.1) is 0 Å². The molecule has 1 aromatic heterocycles. The van der Waals surface area contributed by atoms with Crippen molar-refractivity contribution in [3.8, 4) is 5.75 Å². The van der Waals surface area contributed by atoms with E-state index >= 15 is 0 Å². The van der Waals surface area contributed by atoms with Crippen LogP contribution in [-0.4, -0.2) is 30.7 Å². The highest BCUT2D eigenvalue weighted by atomic mass is 32.2. The SMILES string of the molecule is CCOc1ccc(NS(=O)(=O)c2cccc(C(=O)Nc3ccccc3Nc3ccn(C)n3)c2)cc1. The van der Waals surface area contributed by atoms with Crippen LogP contribution in [0.3, 0.4) is 0 Å². The maximum Gasteiger partial charge on any atom is 0.261 e. The number of sulfonamides is 1. The summed E-state index contributed by atoms with van der Waals surface area (Å²) in [4.78, 5) is 12.9. The van der Waals surface area contributed by atoms with Crippen molar-refractivity contribution in [3.63, 3.8) is 0 Å². The summed E-state index contributed by atoms with van der Waals surface area (Å²) in [6, 6.07) is 21.4. The largest absolute Gasteiger partial charge is 0.494 e. The van der Waals surface area contributed by atoms with E-state index in [9.17, 15) is 13.2 Å². The summed E-state index contributed by atoms with van der Waals surface area (Å²) in [6.45, 7) is 2.39. The van der Waals surface area contributed by atoms with Crippen LogP contribution in [0.4, 0.5) is 22.9 Å². The van der Waals surface area contributed by atoms with E-state index < -0.39 is 15.9 Å². The molecule has 0 radical (unpaired) electrons. The molecule has 3 aromatic carbocycles. The third-order valence-corrected chi connectivity index (χ3v) is 6.35. The molecule has 9 nitrogen and oxygen atoms in total. The van der Waals surface area contributed by atoms with E-state index in [-0.39, 0.29) is 10.5 Å². The van der Waals surface area contributed by atoms with Crippen LogP contribution in [0.15, 0.2) is 90.0 Å². The Bertz CT molecular complexity index is 1430. The molecule has 35 heavy (non-hydrogen) atoms. The molecule has 0 saturated heterocycles. The Morgan fingerprint density at radius 3 is 2.40 bits per heavy atom. The van der Waals surface area contributed by atoms with E-state index in [2.05, 4.69) is 20.5 Å². The molecule has 0 spiro atoms. The number of hydrogen-bond acceptors (Lipinski definition) is 6. The number of hydrogen-bond donors (Lipinski definition) is 3. The van der Waals surface area contributed by atoms with Gasteiger partial charge in [-0.25, -0.2) is 8.42 Å². The van der Waals surface area contributed by atoms with Gasteiger partial charge in [0.15, 0.2) is 5.82 Å². The average Bonchev–Trinajstić information content (AvgIpc) is 3.26. The van der Waals surface area contributed by atoms with Crippen LogP contribution in [0.25, 0.3) is 0 Å². The van der Waals surface area contributed by atoms with Gasteiger partial charge in [-0.05, 0) is 61.5 Å². The fourth-order valence-electron chi connectivity index (χ4n) is 3.32. The Labute approximate surface area is 203 Å². The van der Waals surface area contributed by atoms with Crippen molar-refractivity contribution in [2.45, 2.75) is 11.8 Å². The van der Waals surface area contributed by atoms with Gasteiger partial charge in [0.2, 0.25) is 0 Å². The van der Waals surface area contributed by atoms with Gasteiger partial charge in [0, 0.05) is 30.6 Å². The summed E-state index contributed by atoms with van der Waals surface area (Å²) >= 11 is 0. The fraction of sp³-hybridized carbons (Fsp3) is 0.120. The number of benzene rings is 3. The molecule has 1 heterocycles. The summed E-state index contributed by atoms with van der Waals surface area (Å²) < 4.78 is 35.4. The van der Waals surface area contributed by atoms with Gasteiger partial charge < -0.3 is 15.4 Å². The van der Waals surface area contributed by atoms with Gasteiger partial charge in [0.1, 0.15) is 5.75 Å². The smallest absolute Gasteiger partial charge is 0.261 e. The lowest BCUT2D eigenvalue weighted by Crippen LogP contribution is -2.16. The number of para-hydroxylation sites is 2. The van der Waals surface area contributed by atoms with Crippen LogP contribution < -0.4 is 20.1 Å². The highest BCUT2D eigenvalue weighted by Gasteiger charge is 2.17. The summed E-state index contributed by atoms with van der Waals surface area (Å²) in [7, 11) is -2.10. The Morgan fingerprint density at radius 2 is 1.71 bits per heavy atom. The summed E-state index contributed by atoms with van der Waals surface area (Å²) in [5.41, 5.74) is 1.77. The van der Waals surface area contributed by atoms with E-state index in [0.29, 0.717) is 35.2 Å². The maximum atomic E-state index is 13.0. The molecule has 3 N–H and O–H groups in total. The first-order chi connectivity index (χ1) is 16.8. The van der Waals surface area contributed by atoms with Crippen molar-refractivity contribution in [2.75, 3.05) is 22.0 Å². The predicted molar refractivity (Wildman–Crippen MR) is 136 cm³/mol. The number of carbonyl (C=O) groups excluding carboxylic acids is 1. The number of aryl methyl sites for hydroxylation is 1. The molecule has 0 aliphatic heterocycles. The molecule has 0 unspecified atom stereocenters. The molecule has 4 rings (SSSR count). The number of nitrogens with zero attached hydrogens (tertiary/aromatic N) is 2. The monoisotopic (exact) mass is 491 g/mol. The lowest BCUT2D eigenvalue weighted by Gasteiger charge is -2.13. The molecule has 1 amide bonds. The number of ether oxygens (including phenoxy) is 1. The quantitative estimate of drug-likeness (QED) is 0.315. The van der Waals surface area contributed by atoms with Gasteiger partial charge in [-0.3, -0.25) is 14.2 Å². The first kappa shape index (κ1) is 23.8. The zero-order valence-corrected chi connectivity index (χ0v) is 20.0. The highest BCUT2D eigenvalue weighted by molar-refractivity contribution is 7.92. The second-order valence-corrected chi connectivity index (χ2v) is 9.27. The third-order valence-electron chi connectivity index (χ3n) is 4.98. The van der Waals surface area contributed by atoms with Crippen LogP contribution in [0.2, 0.25) is 0 Å². The van der Waals surface area contributed by atoms with E-state index in [4.69, 9.17) is 4.74 Å². The molecular formula is C25H25N5O4S. The summed E-state index contributed by atoms with van der Waals surface area (Å²) in [6.07, 6.45) is 1.80. The molecule has 0 saturated carbocycles. The molecule has 0 atom stereocenters. The maximum absolute atomic E-state index is 13.0. The van der Waals surface area contributed by atoms with Crippen molar-refractivity contribution in [3.05, 3.63) is 90.6 Å². The lowest BCUT2D eigenvalue weighted by molar-refractivity contribution is 0.102. The molecule has 0 bridgehead atoms. The first-order valence-corrected chi connectivity index (χ1v) is 12.3. The van der Waals surface area contributed by atoms with E-state index in [1.54, 1.807) is 53.3 Å². The van der Waals surface area contributed by atoms with Crippen LogP contribution in [0.5, 0.6) is 5.75 Å². The number of carbonyl (C=O) groups is 1. The van der Waals surface area contributed by atoms with Gasteiger partial charge in [0.05, 0.1) is 22.9 Å². The summed E-state index contributed by atoms with van der Waals surface area (Å²) in [5.74, 6) is 0.827. The number of anilines is 4. The molecule has 4 aromatic rings. The first-order valence-electron chi connectivity index (χ1n) is 10.9. The second kappa shape index (κ2) is 10.3. The molecule has 0 aliphatic rings. The molecular weight excluding hydrogens is 466 g/mol. The van der Waals surface area contributed by atoms with Gasteiger partial charge in [-0.15, -0.1) is 0 Å². The number of amides is 1. The number of rotatable bonds is 9. The topological polar surface area (TPSA) is 114 Å². The lowest BCUT2D eigenvalue weighted by atomic mass is 10.2.